The van der Waals surface area contributed by atoms with Gasteiger partial charge in [0.25, 0.3) is 16.1 Å². The van der Waals surface area contributed by atoms with E-state index in [1.807, 2.05) is 42.5 Å². The van der Waals surface area contributed by atoms with E-state index in [2.05, 4.69) is 55.3 Å². The molecule has 0 radical (unpaired) electrons. The van der Waals surface area contributed by atoms with E-state index in [-0.39, 0.29) is 24.9 Å². The minimum absolute atomic E-state index is 0.231. The van der Waals surface area contributed by atoms with Crippen LogP contribution < -0.4 is 14.9 Å². The van der Waals surface area contributed by atoms with Gasteiger partial charge in [0.1, 0.15) is 6.04 Å². The van der Waals surface area contributed by atoms with Gasteiger partial charge in [-0.15, -0.1) is 11.3 Å². The normalized spacial score (nSPS) is 14.4. The lowest BCUT2D eigenvalue weighted by atomic mass is 10.1. The molecule has 10 nitrogen and oxygen atoms in total. The Hall–Kier alpha value is -4.54. The Bertz CT molecular complexity index is 1840. The number of nitrogens with one attached hydrogen (secondary N) is 2. The smallest absolute Gasteiger partial charge is 0.322 e. The highest BCUT2D eigenvalue weighted by Gasteiger charge is 2.33. The van der Waals surface area contributed by atoms with Crippen LogP contribution in [0.3, 0.4) is 0 Å². The summed E-state index contributed by atoms with van der Waals surface area (Å²) in [6.07, 6.45) is 3.13. The number of piperazine rings is 1. The van der Waals surface area contributed by atoms with Crippen molar-refractivity contribution in [2.75, 3.05) is 31.1 Å². The summed E-state index contributed by atoms with van der Waals surface area (Å²) in [7, 11) is -3.93. The van der Waals surface area contributed by atoms with Gasteiger partial charge in [0.2, 0.25) is 0 Å². The predicted octanol–water partition coefficient (Wildman–Crippen LogP) is 4.21. The van der Waals surface area contributed by atoms with Crippen LogP contribution in [0.1, 0.15) is 40.2 Å². The van der Waals surface area contributed by atoms with E-state index < -0.39 is 22.2 Å². The van der Waals surface area contributed by atoms with Crippen molar-refractivity contribution in [3.05, 3.63) is 106 Å². The first-order valence-corrected chi connectivity index (χ1v) is 17.1. The van der Waals surface area contributed by atoms with Crippen LogP contribution in [0, 0.1) is 17.8 Å². The standard InChI is InChI=1S/C34H35N5O5S2/c1-24(2)32(34(41)42)37-46(43,44)39-18-16-38(17-19-39)29-12-9-25(10-13-29)8-11-27-14-15-35-22-31(27)33(40)36-21-30-20-28(23-45-30)26-6-4-3-5-7-26/h3-7,9-10,12-15,20,22-24,32,37H,16-19,21H2,1-2H3,(H,36,40)(H,41,42)/t32-/m1/s1. The molecule has 0 aliphatic carbocycles. The second kappa shape index (κ2) is 14.7. The van der Waals surface area contributed by atoms with Crippen molar-refractivity contribution >= 4 is 39.1 Å². The third-order valence-corrected chi connectivity index (χ3v) is 10.1. The molecular formula is C34H35N5O5S2. The van der Waals surface area contributed by atoms with E-state index in [0.717, 1.165) is 27.3 Å². The number of carboxylic acid groups (broad SMARTS) is 1. The number of carbonyl (C=O) groups excluding carboxylic acids is 1. The van der Waals surface area contributed by atoms with Crippen molar-refractivity contribution in [1.29, 1.82) is 0 Å². The van der Waals surface area contributed by atoms with Crippen LogP contribution in [0.4, 0.5) is 5.69 Å². The zero-order valence-corrected chi connectivity index (χ0v) is 27.1. The first kappa shape index (κ1) is 32.8. The van der Waals surface area contributed by atoms with Crippen LogP contribution >= 0.6 is 11.3 Å². The lowest BCUT2D eigenvalue weighted by molar-refractivity contribution is -0.140. The van der Waals surface area contributed by atoms with Crippen molar-refractivity contribution in [3.63, 3.8) is 0 Å². The summed E-state index contributed by atoms with van der Waals surface area (Å²) in [5, 5.41) is 14.4. The van der Waals surface area contributed by atoms with Gasteiger partial charge in [-0.25, -0.2) is 0 Å². The van der Waals surface area contributed by atoms with E-state index in [1.165, 1.54) is 10.5 Å². The molecule has 2 aromatic carbocycles. The predicted molar refractivity (Wildman–Crippen MR) is 180 cm³/mol. The van der Waals surface area contributed by atoms with Gasteiger partial charge in [0.05, 0.1) is 12.1 Å². The van der Waals surface area contributed by atoms with Crippen LogP contribution in [-0.2, 0) is 21.5 Å². The number of rotatable bonds is 10. The van der Waals surface area contributed by atoms with Crippen molar-refractivity contribution < 1.29 is 23.1 Å². The van der Waals surface area contributed by atoms with Gasteiger partial charge in [-0.3, -0.25) is 14.6 Å². The molecule has 1 aliphatic rings. The van der Waals surface area contributed by atoms with Crippen molar-refractivity contribution in [1.82, 2.24) is 19.3 Å². The summed E-state index contributed by atoms with van der Waals surface area (Å²) in [5.74, 6) is 4.40. The number of aliphatic carboxylic acids is 1. The molecule has 3 heterocycles. The largest absolute Gasteiger partial charge is 0.480 e. The van der Waals surface area contributed by atoms with Gasteiger partial charge >= 0.3 is 5.97 Å². The molecule has 1 atom stereocenters. The fourth-order valence-corrected chi connectivity index (χ4v) is 7.31. The van der Waals surface area contributed by atoms with Gasteiger partial charge in [0.15, 0.2) is 0 Å². The van der Waals surface area contributed by atoms with Crippen molar-refractivity contribution in [2.24, 2.45) is 5.92 Å². The minimum atomic E-state index is -3.93. The first-order chi connectivity index (χ1) is 22.1. The second-order valence-electron chi connectivity index (χ2n) is 11.1. The number of benzene rings is 2. The van der Waals surface area contributed by atoms with Gasteiger partial charge in [-0.05, 0) is 58.8 Å². The Kier molecular flexibility index (Phi) is 10.5. The molecule has 0 saturated carbocycles. The molecule has 0 unspecified atom stereocenters. The Morgan fingerprint density at radius 3 is 2.37 bits per heavy atom. The maximum absolute atomic E-state index is 13.1. The number of carbonyl (C=O) groups is 2. The fraction of sp³-hybridized carbons (Fsp3) is 0.265. The average Bonchev–Trinajstić information content (AvgIpc) is 3.55. The van der Waals surface area contributed by atoms with Crippen LogP contribution in [-0.4, -0.2) is 66.9 Å². The van der Waals surface area contributed by atoms with Crippen LogP contribution in [0.15, 0.2) is 84.5 Å². The number of hydrogen-bond donors (Lipinski definition) is 3. The number of aromatic nitrogens is 1. The number of amides is 1. The molecule has 46 heavy (non-hydrogen) atoms. The van der Waals surface area contributed by atoms with Crippen molar-refractivity contribution in [2.45, 2.75) is 26.4 Å². The summed E-state index contributed by atoms with van der Waals surface area (Å²) >= 11 is 1.60. The zero-order valence-electron chi connectivity index (χ0n) is 25.5. The molecule has 0 bridgehead atoms. The highest BCUT2D eigenvalue weighted by atomic mass is 32.2. The fourth-order valence-electron chi connectivity index (χ4n) is 4.99. The summed E-state index contributed by atoms with van der Waals surface area (Å²) in [5.41, 5.74) is 4.91. The summed E-state index contributed by atoms with van der Waals surface area (Å²) in [4.78, 5) is 31.8. The molecule has 12 heteroatoms. The Morgan fingerprint density at radius 1 is 0.978 bits per heavy atom. The first-order valence-electron chi connectivity index (χ1n) is 14.8. The topological polar surface area (TPSA) is 132 Å². The average molecular weight is 658 g/mol. The van der Waals surface area contributed by atoms with Gasteiger partial charge in [-0.2, -0.15) is 17.4 Å². The number of carboxylic acids is 1. The SMILES string of the molecule is CC(C)[C@@H](NS(=O)(=O)N1CCN(c2ccc(C#Cc3ccncc3C(=O)NCc3cc(-c4ccccc4)cs3)cc2)CC1)C(=O)O. The molecule has 4 aromatic rings. The Balaban J connectivity index is 1.17. The van der Waals surface area contributed by atoms with Gasteiger partial charge < -0.3 is 15.3 Å². The zero-order chi connectivity index (χ0) is 32.7. The molecule has 238 valence electrons. The van der Waals surface area contributed by atoms with E-state index >= 15 is 0 Å². The van der Waals surface area contributed by atoms with E-state index in [9.17, 15) is 23.1 Å². The van der Waals surface area contributed by atoms with Crippen LogP contribution in [0.5, 0.6) is 0 Å². The molecule has 1 amide bonds. The molecule has 0 spiro atoms. The highest BCUT2D eigenvalue weighted by molar-refractivity contribution is 7.87. The summed E-state index contributed by atoms with van der Waals surface area (Å²) < 4.78 is 29.2. The quantitative estimate of drug-likeness (QED) is 0.218. The van der Waals surface area contributed by atoms with Crippen LogP contribution in [0.25, 0.3) is 11.1 Å². The number of thiophene rings is 1. The van der Waals surface area contributed by atoms with E-state index in [1.54, 1.807) is 37.4 Å². The number of nitrogens with zero attached hydrogens (tertiary/aromatic N) is 3. The number of anilines is 1. The van der Waals surface area contributed by atoms with E-state index in [4.69, 9.17) is 0 Å². The molecule has 5 rings (SSSR count). The highest BCUT2D eigenvalue weighted by Crippen LogP contribution is 2.25. The monoisotopic (exact) mass is 657 g/mol. The maximum Gasteiger partial charge on any atom is 0.322 e. The second-order valence-corrected chi connectivity index (χ2v) is 13.8. The third kappa shape index (κ3) is 8.18. The molecule has 3 N–H and O–H groups in total. The Labute approximate surface area is 273 Å². The molecular weight excluding hydrogens is 623 g/mol. The molecule has 1 aliphatic heterocycles. The molecule has 1 saturated heterocycles. The minimum Gasteiger partial charge on any atom is -0.480 e. The Morgan fingerprint density at radius 2 is 1.70 bits per heavy atom. The lowest BCUT2D eigenvalue weighted by Crippen LogP contribution is -2.55. The van der Waals surface area contributed by atoms with Crippen molar-refractivity contribution in [3.8, 4) is 23.0 Å². The number of hydrogen-bond acceptors (Lipinski definition) is 7. The lowest BCUT2D eigenvalue weighted by Gasteiger charge is -2.36. The third-order valence-electron chi connectivity index (χ3n) is 7.61. The van der Waals surface area contributed by atoms with Gasteiger partial charge in [-0.1, -0.05) is 56.0 Å². The van der Waals surface area contributed by atoms with Gasteiger partial charge in [0, 0.05) is 60.3 Å². The molecule has 2 aromatic heterocycles. The number of pyridine rings is 1. The maximum atomic E-state index is 13.1. The summed E-state index contributed by atoms with van der Waals surface area (Å²) in [6.45, 7) is 5.10. The summed E-state index contributed by atoms with van der Waals surface area (Å²) in [6, 6.07) is 20.3. The molecule has 1 fully saturated rings. The van der Waals surface area contributed by atoms with Crippen LogP contribution in [0.2, 0.25) is 0 Å². The van der Waals surface area contributed by atoms with E-state index in [0.29, 0.717) is 30.8 Å².